The van der Waals surface area contributed by atoms with Crippen LogP contribution in [0.3, 0.4) is 0 Å². The Balaban J connectivity index is 2.27. The SMILES string of the molecule is CCn1ncc(N2CCOC(C(C)N)C2)c(Cl)c1=O. The van der Waals surface area contributed by atoms with Crippen molar-refractivity contribution in [2.75, 3.05) is 24.6 Å². The van der Waals surface area contributed by atoms with E-state index in [1.807, 2.05) is 18.7 Å². The Morgan fingerprint density at radius 3 is 3.05 bits per heavy atom. The number of hydrogen-bond acceptors (Lipinski definition) is 5. The Kier molecular flexibility index (Phi) is 4.44. The van der Waals surface area contributed by atoms with Gasteiger partial charge in [0.2, 0.25) is 0 Å². The highest BCUT2D eigenvalue weighted by Crippen LogP contribution is 2.23. The molecule has 1 saturated heterocycles. The van der Waals surface area contributed by atoms with Crippen molar-refractivity contribution in [3.63, 3.8) is 0 Å². The molecular weight excluding hydrogens is 268 g/mol. The predicted molar refractivity (Wildman–Crippen MR) is 74.8 cm³/mol. The van der Waals surface area contributed by atoms with E-state index in [2.05, 4.69) is 5.10 Å². The molecule has 6 nitrogen and oxygen atoms in total. The maximum atomic E-state index is 12.0. The minimum atomic E-state index is -0.259. The fourth-order valence-electron chi connectivity index (χ4n) is 2.11. The van der Waals surface area contributed by atoms with Crippen LogP contribution in [0.1, 0.15) is 13.8 Å². The number of aromatic nitrogens is 2. The largest absolute Gasteiger partial charge is 0.373 e. The molecule has 1 aromatic rings. The van der Waals surface area contributed by atoms with Gasteiger partial charge < -0.3 is 15.4 Å². The molecule has 0 saturated carbocycles. The molecule has 2 N–H and O–H groups in total. The molecule has 1 aromatic heterocycles. The van der Waals surface area contributed by atoms with Crippen LogP contribution in [0.15, 0.2) is 11.0 Å². The van der Waals surface area contributed by atoms with Gasteiger partial charge in [-0.05, 0) is 13.8 Å². The number of nitrogens with two attached hydrogens (primary N) is 1. The molecule has 7 heteroatoms. The van der Waals surface area contributed by atoms with Crippen LogP contribution in [0.4, 0.5) is 5.69 Å². The third-order valence-corrected chi connectivity index (χ3v) is 3.64. The third kappa shape index (κ3) is 2.91. The van der Waals surface area contributed by atoms with Crippen LogP contribution in [0.2, 0.25) is 5.02 Å². The summed E-state index contributed by atoms with van der Waals surface area (Å²) < 4.78 is 6.94. The second-order valence-corrected chi connectivity index (χ2v) is 5.06. The zero-order valence-corrected chi connectivity index (χ0v) is 11.9. The molecule has 0 aliphatic carbocycles. The number of aryl methyl sites for hydroxylation is 1. The zero-order chi connectivity index (χ0) is 14.0. The van der Waals surface area contributed by atoms with Crippen molar-refractivity contribution < 1.29 is 4.74 Å². The first-order valence-corrected chi connectivity index (χ1v) is 6.80. The van der Waals surface area contributed by atoms with Crippen molar-refractivity contribution in [1.82, 2.24) is 9.78 Å². The van der Waals surface area contributed by atoms with Crippen LogP contribution in [-0.4, -0.2) is 41.6 Å². The van der Waals surface area contributed by atoms with Gasteiger partial charge in [0, 0.05) is 25.7 Å². The summed E-state index contributed by atoms with van der Waals surface area (Å²) in [6.45, 7) is 6.13. The molecule has 2 unspecified atom stereocenters. The second kappa shape index (κ2) is 5.90. The van der Waals surface area contributed by atoms with Gasteiger partial charge in [0.25, 0.3) is 5.56 Å². The summed E-state index contributed by atoms with van der Waals surface area (Å²) in [7, 11) is 0. The van der Waals surface area contributed by atoms with Crippen LogP contribution < -0.4 is 16.2 Å². The lowest BCUT2D eigenvalue weighted by Crippen LogP contribution is -2.50. The number of ether oxygens (including phenoxy) is 1. The summed E-state index contributed by atoms with van der Waals surface area (Å²) in [6, 6.07) is -0.0643. The van der Waals surface area contributed by atoms with Crippen molar-refractivity contribution in [1.29, 1.82) is 0 Å². The first-order valence-electron chi connectivity index (χ1n) is 6.42. The first kappa shape index (κ1) is 14.3. The maximum absolute atomic E-state index is 12.0. The number of anilines is 1. The van der Waals surface area contributed by atoms with Crippen molar-refractivity contribution in [3.8, 4) is 0 Å². The van der Waals surface area contributed by atoms with Gasteiger partial charge >= 0.3 is 0 Å². The Bertz CT molecular complexity index is 503. The summed E-state index contributed by atoms with van der Waals surface area (Å²) in [5.41, 5.74) is 6.25. The van der Waals surface area contributed by atoms with Gasteiger partial charge in [-0.15, -0.1) is 0 Å². The van der Waals surface area contributed by atoms with E-state index in [9.17, 15) is 4.79 Å². The van der Waals surface area contributed by atoms with Crippen LogP contribution >= 0.6 is 11.6 Å². The molecule has 0 aromatic carbocycles. The number of nitrogens with zero attached hydrogens (tertiary/aromatic N) is 3. The van der Waals surface area contributed by atoms with E-state index in [0.29, 0.717) is 31.9 Å². The highest BCUT2D eigenvalue weighted by molar-refractivity contribution is 6.33. The Morgan fingerprint density at radius 1 is 1.68 bits per heavy atom. The Labute approximate surface area is 117 Å². The minimum absolute atomic E-state index is 0.0570. The van der Waals surface area contributed by atoms with Crippen molar-refractivity contribution in [2.45, 2.75) is 32.5 Å². The van der Waals surface area contributed by atoms with E-state index in [4.69, 9.17) is 22.1 Å². The van der Waals surface area contributed by atoms with Crippen molar-refractivity contribution >= 4 is 17.3 Å². The van der Waals surface area contributed by atoms with Gasteiger partial charge in [0.1, 0.15) is 5.02 Å². The van der Waals surface area contributed by atoms with Gasteiger partial charge in [-0.2, -0.15) is 5.10 Å². The monoisotopic (exact) mass is 286 g/mol. The quantitative estimate of drug-likeness (QED) is 0.874. The highest BCUT2D eigenvalue weighted by atomic mass is 35.5. The molecule has 0 radical (unpaired) electrons. The van der Waals surface area contributed by atoms with E-state index < -0.39 is 0 Å². The number of hydrogen-bond donors (Lipinski definition) is 1. The molecule has 0 spiro atoms. The summed E-state index contributed by atoms with van der Waals surface area (Å²) in [5.74, 6) is 0. The number of halogens is 1. The average molecular weight is 287 g/mol. The fourth-order valence-corrected chi connectivity index (χ4v) is 2.38. The minimum Gasteiger partial charge on any atom is -0.373 e. The molecule has 19 heavy (non-hydrogen) atoms. The van der Waals surface area contributed by atoms with Crippen molar-refractivity contribution in [3.05, 3.63) is 21.6 Å². The highest BCUT2D eigenvalue weighted by Gasteiger charge is 2.25. The van der Waals surface area contributed by atoms with Gasteiger partial charge in [-0.1, -0.05) is 11.6 Å². The zero-order valence-electron chi connectivity index (χ0n) is 11.2. The first-order chi connectivity index (χ1) is 9.04. The van der Waals surface area contributed by atoms with E-state index in [0.717, 1.165) is 0 Å². The number of rotatable bonds is 3. The van der Waals surface area contributed by atoms with Crippen LogP contribution in [0, 0.1) is 0 Å². The summed E-state index contributed by atoms with van der Waals surface area (Å²) in [4.78, 5) is 14.0. The van der Waals surface area contributed by atoms with Crippen LogP contribution in [0.5, 0.6) is 0 Å². The van der Waals surface area contributed by atoms with E-state index in [-0.39, 0.29) is 22.7 Å². The summed E-state index contributed by atoms with van der Waals surface area (Å²) in [5, 5.41) is 4.32. The molecule has 2 atom stereocenters. The predicted octanol–water partition coefficient (Wildman–Crippen LogP) is 0.469. The molecule has 1 fully saturated rings. The molecule has 1 aliphatic heterocycles. The van der Waals surface area contributed by atoms with Gasteiger partial charge in [-0.25, -0.2) is 4.68 Å². The molecule has 0 amide bonds. The normalized spacial score (nSPS) is 21.5. The third-order valence-electron chi connectivity index (χ3n) is 3.29. The lowest BCUT2D eigenvalue weighted by molar-refractivity contribution is 0.0275. The standard InChI is InChI=1S/C12H19ClN4O2/c1-3-17-12(18)11(13)9(6-15-17)16-4-5-19-10(7-16)8(2)14/h6,8,10H,3-5,7,14H2,1-2H3. The molecule has 0 bridgehead atoms. The maximum Gasteiger partial charge on any atom is 0.287 e. The summed E-state index contributed by atoms with van der Waals surface area (Å²) >= 11 is 6.15. The Morgan fingerprint density at radius 2 is 2.42 bits per heavy atom. The van der Waals surface area contributed by atoms with Gasteiger partial charge in [-0.3, -0.25) is 4.79 Å². The molecule has 1 aliphatic rings. The van der Waals surface area contributed by atoms with E-state index >= 15 is 0 Å². The van der Waals surface area contributed by atoms with Gasteiger partial charge in [0.15, 0.2) is 0 Å². The average Bonchev–Trinajstić information content (AvgIpc) is 2.42. The molecule has 106 valence electrons. The fraction of sp³-hybridized carbons (Fsp3) is 0.667. The lowest BCUT2D eigenvalue weighted by Gasteiger charge is -2.36. The summed E-state index contributed by atoms with van der Waals surface area (Å²) in [6.07, 6.45) is 1.58. The molecule has 2 rings (SSSR count). The van der Waals surface area contributed by atoms with Gasteiger partial charge in [0.05, 0.1) is 24.6 Å². The van der Waals surface area contributed by atoms with E-state index in [1.54, 1.807) is 6.20 Å². The lowest BCUT2D eigenvalue weighted by atomic mass is 10.1. The van der Waals surface area contributed by atoms with Crippen LogP contribution in [0.25, 0.3) is 0 Å². The topological polar surface area (TPSA) is 73.4 Å². The molecule has 2 heterocycles. The van der Waals surface area contributed by atoms with Crippen molar-refractivity contribution in [2.24, 2.45) is 5.73 Å². The molecular formula is C12H19ClN4O2. The van der Waals surface area contributed by atoms with Crippen LogP contribution in [-0.2, 0) is 11.3 Å². The number of morpholine rings is 1. The smallest absolute Gasteiger partial charge is 0.287 e. The van der Waals surface area contributed by atoms with E-state index in [1.165, 1.54) is 4.68 Å². The second-order valence-electron chi connectivity index (χ2n) is 4.68. The Hall–Kier alpha value is -1.11.